The zero-order valence-electron chi connectivity index (χ0n) is 7.77. The molecule has 0 spiro atoms. The summed E-state index contributed by atoms with van der Waals surface area (Å²) >= 11 is 3.12. The molecular formula is C9H9BrN2O2S. The molecule has 0 saturated heterocycles. The highest BCUT2D eigenvalue weighted by Crippen LogP contribution is 2.13. The van der Waals surface area contributed by atoms with Gasteiger partial charge < -0.3 is 0 Å². The van der Waals surface area contributed by atoms with Gasteiger partial charge in [-0.1, -0.05) is 28.1 Å². The summed E-state index contributed by atoms with van der Waals surface area (Å²) in [5.41, 5.74) is 0.152. The van der Waals surface area contributed by atoms with Gasteiger partial charge in [-0.15, -0.1) is 0 Å². The van der Waals surface area contributed by atoms with Gasteiger partial charge in [0.15, 0.2) is 0 Å². The molecule has 0 fully saturated rings. The predicted octanol–water partition coefficient (Wildman–Crippen LogP) is 1.23. The van der Waals surface area contributed by atoms with E-state index in [1.165, 1.54) is 12.1 Å². The fraction of sp³-hybridized carbons (Fsp3) is 0.222. The van der Waals surface area contributed by atoms with Crippen LogP contribution in [-0.2, 0) is 10.0 Å². The molecule has 0 aliphatic heterocycles. The monoisotopic (exact) mass is 288 g/mol. The average molecular weight is 289 g/mol. The zero-order chi connectivity index (χ0) is 11.3. The number of halogens is 1. The summed E-state index contributed by atoms with van der Waals surface area (Å²) in [5, 5.41) is 9.28. The summed E-state index contributed by atoms with van der Waals surface area (Å²) < 4.78 is 25.7. The second kappa shape index (κ2) is 5.26. The first-order chi connectivity index (χ1) is 7.11. The highest BCUT2D eigenvalue weighted by Gasteiger charge is 2.16. The Bertz CT molecular complexity index is 479. The van der Waals surface area contributed by atoms with Crippen molar-refractivity contribution in [1.82, 2.24) is 4.72 Å². The van der Waals surface area contributed by atoms with Crippen LogP contribution in [0.15, 0.2) is 29.2 Å². The largest absolute Gasteiger partial charge is 0.241 e. The van der Waals surface area contributed by atoms with Crippen LogP contribution in [-0.4, -0.2) is 20.3 Å². The fourth-order valence-corrected chi connectivity index (χ4v) is 2.69. The van der Waals surface area contributed by atoms with Crippen LogP contribution in [0.5, 0.6) is 0 Å². The van der Waals surface area contributed by atoms with Crippen molar-refractivity contribution < 1.29 is 8.42 Å². The summed E-state index contributed by atoms with van der Waals surface area (Å²) in [4.78, 5) is 0.0217. The van der Waals surface area contributed by atoms with E-state index in [4.69, 9.17) is 5.26 Å². The number of nitriles is 1. The molecule has 0 bridgehead atoms. The molecule has 0 aromatic heterocycles. The van der Waals surface area contributed by atoms with Gasteiger partial charge in [0.25, 0.3) is 0 Å². The van der Waals surface area contributed by atoms with Crippen molar-refractivity contribution in [3.8, 4) is 6.07 Å². The van der Waals surface area contributed by atoms with Crippen LogP contribution in [0, 0.1) is 11.3 Å². The lowest BCUT2D eigenvalue weighted by atomic mass is 10.2. The van der Waals surface area contributed by atoms with Crippen LogP contribution < -0.4 is 4.72 Å². The normalized spacial score (nSPS) is 10.9. The molecule has 1 N–H and O–H groups in total. The third-order valence-electron chi connectivity index (χ3n) is 1.68. The van der Waals surface area contributed by atoms with Crippen LogP contribution >= 0.6 is 15.9 Å². The predicted molar refractivity (Wildman–Crippen MR) is 60.1 cm³/mol. The smallest absolute Gasteiger partial charge is 0.210 e. The quantitative estimate of drug-likeness (QED) is 0.848. The van der Waals surface area contributed by atoms with Crippen molar-refractivity contribution in [3.63, 3.8) is 0 Å². The van der Waals surface area contributed by atoms with Gasteiger partial charge in [0.1, 0.15) is 6.07 Å². The Labute approximate surface area is 97.1 Å². The number of nitrogens with zero attached hydrogens (tertiary/aromatic N) is 1. The minimum absolute atomic E-state index is 0.0217. The highest BCUT2D eigenvalue weighted by atomic mass is 79.9. The van der Waals surface area contributed by atoms with Crippen LogP contribution in [0.4, 0.5) is 0 Å². The molecular weight excluding hydrogens is 280 g/mol. The molecule has 4 nitrogen and oxygen atoms in total. The molecule has 1 aromatic carbocycles. The van der Waals surface area contributed by atoms with Crippen molar-refractivity contribution in [2.24, 2.45) is 0 Å². The molecule has 0 saturated carbocycles. The molecule has 0 aliphatic rings. The van der Waals surface area contributed by atoms with Gasteiger partial charge >= 0.3 is 0 Å². The van der Waals surface area contributed by atoms with Crippen LogP contribution in [0.1, 0.15) is 5.56 Å². The maximum atomic E-state index is 11.7. The lowest BCUT2D eigenvalue weighted by Crippen LogP contribution is -2.26. The Balaban J connectivity index is 3.11. The van der Waals surface area contributed by atoms with Crippen LogP contribution in [0.3, 0.4) is 0 Å². The highest BCUT2D eigenvalue weighted by molar-refractivity contribution is 9.09. The molecule has 0 radical (unpaired) electrons. The van der Waals surface area contributed by atoms with E-state index < -0.39 is 10.0 Å². The molecule has 0 atom stereocenters. The molecule has 0 amide bonds. The maximum Gasteiger partial charge on any atom is 0.241 e. The number of hydrogen-bond acceptors (Lipinski definition) is 3. The van der Waals surface area contributed by atoms with Crippen molar-refractivity contribution >= 4 is 26.0 Å². The number of sulfonamides is 1. The van der Waals surface area contributed by atoms with Gasteiger partial charge in [-0.25, -0.2) is 13.1 Å². The topological polar surface area (TPSA) is 70.0 Å². The summed E-state index contributed by atoms with van der Waals surface area (Å²) in [6, 6.07) is 7.95. The van der Waals surface area contributed by atoms with E-state index in [9.17, 15) is 8.42 Å². The second-order valence-electron chi connectivity index (χ2n) is 2.69. The third kappa shape index (κ3) is 3.02. The molecule has 1 aromatic rings. The van der Waals surface area contributed by atoms with Crippen LogP contribution in [0.2, 0.25) is 0 Å². The van der Waals surface area contributed by atoms with E-state index in [1.807, 2.05) is 6.07 Å². The van der Waals surface area contributed by atoms with Gasteiger partial charge in [-0.2, -0.15) is 5.26 Å². The van der Waals surface area contributed by atoms with E-state index in [1.54, 1.807) is 12.1 Å². The van der Waals surface area contributed by atoms with Crippen LogP contribution in [0.25, 0.3) is 0 Å². The van der Waals surface area contributed by atoms with Gasteiger partial charge in [-0.3, -0.25) is 0 Å². The number of nitrogens with one attached hydrogen (secondary N) is 1. The average Bonchev–Trinajstić information content (AvgIpc) is 2.26. The molecule has 0 heterocycles. The van der Waals surface area contributed by atoms with Crippen molar-refractivity contribution in [3.05, 3.63) is 29.8 Å². The standard InChI is InChI=1S/C9H9BrN2O2S/c10-5-6-12-15(13,14)9-4-2-1-3-8(9)7-11/h1-4,12H,5-6H2. The molecule has 0 unspecified atom stereocenters. The summed E-state index contributed by atoms with van der Waals surface area (Å²) in [6.07, 6.45) is 0. The Morgan fingerprint density at radius 3 is 2.67 bits per heavy atom. The van der Waals surface area contributed by atoms with Crippen molar-refractivity contribution in [1.29, 1.82) is 5.26 Å². The number of alkyl halides is 1. The van der Waals surface area contributed by atoms with E-state index in [-0.39, 0.29) is 10.5 Å². The molecule has 0 aliphatic carbocycles. The first-order valence-corrected chi connectivity index (χ1v) is 6.77. The van der Waals surface area contributed by atoms with E-state index in [0.717, 1.165) is 0 Å². The number of rotatable bonds is 4. The SMILES string of the molecule is N#Cc1ccccc1S(=O)(=O)NCCBr. The van der Waals surface area contributed by atoms with E-state index in [0.29, 0.717) is 11.9 Å². The Kier molecular flexibility index (Phi) is 4.27. The molecule has 80 valence electrons. The first-order valence-electron chi connectivity index (χ1n) is 4.16. The summed E-state index contributed by atoms with van der Waals surface area (Å²) in [6.45, 7) is 0.294. The lowest BCUT2D eigenvalue weighted by Gasteiger charge is -2.05. The second-order valence-corrected chi connectivity index (χ2v) is 5.22. The minimum atomic E-state index is -3.57. The summed E-state index contributed by atoms with van der Waals surface area (Å²) in [5.74, 6) is 0. The Morgan fingerprint density at radius 2 is 2.07 bits per heavy atom. The third-order valence-corrected chi connectivity index (χ3v) is 3.60. The fourth-order valence-electron chi connectivity index (χ4n) is 1.04. The van der Waals surface area contributed by atoms with E-state index in [2.05, 4.69) is 20.7 Å². The van der Waals surface area contributed by atoms with Crippen molar-refractivity contribution in [2.45, 2.75) is 4.90 Å². The summed E-state index contributed by atoms with van der Waals surface area (Å²) in [7, 11) is -3.57. The maximum absolute atomic E-state index is 11.7. The van der Waals surface area contributed by atoms with Gasteiger partial charge in [0.2, 0.25) is 10.0 Å². The number of hydrogen-bond donors (Lipinski definition) is 1. The minimum Gasteiger partial charge on any atom is -0.210 e. The molecule has 15 heavy (non-hydrogen) atoms. The lowest BCUT2D eigenvalue weighted by molar-refractivity contribution is 0.584. The zero-order valence-corrected chi connectivity index (χ0v) is 10.2. The van der Waals surface area contributed by atoms with Gasteiger partial charge in [-0.05, 0) is 12.1 Å². The van der Waals surface area contributed by atoms with E-state index >= 15 is 0 Å². The number of benzene rings is 1. The Morgan fingerprint density at radius 1 is 1.40 bits per heavy atom. The molecule has 6 heteroatoms. The van der Waals surface area contributed by atoms with Gasteiger partial charge in [0, 0.05) is 11.9 Å². The van der Waals surface area contributed by atoms with Gasteiger partial charge in [0.05, 0.1) is 10.5 Å². The first kappa shape index (κ1) is 12.2. The molecule has 1 rings (SSSR count). The Hall–Kier alpha value is -0.900. The van der Waals surface area contributed by atoms with Crippen molar-refractivity contribution in [2.75, 3.05) is 11.9 Å².